The van der Waals surface area contributed by atoms with Crippen LogP contribution in [0.5, 0.6) is 0 Å². The average Bonchev–Trinajstić information content (AvgIpc) is 2.50. The average molecular weight is 165 g/mol. The largest absolute Gasteiger partial charge is 0.257 e. The van der Waals surface area contributed by atoms with Gasteiger partial charge in [-0.25, -0.2) is 0 Å². The number of aryl methyl sites for hydroxylation is 2. The minimum atomic E-state index is 0.757. The van der Waals surface area contributed by atoms with E-state index >= 15 is 0 Å². The van der Waals surface area contributed by atoms with Gasteiger partial charge in [-0.05, 0) is 30.9 Å². The van der Waals surface area contributed by atoms with Gasteiger partial charge in [-0.2, -0.15) is 12.6 Å². The highest BCUT2D eigenvalue weighted by atomic mass is 32.1. The quantitative estimate of drug-likeness (QED) is 0.628. The molecule has 1 nitrogen and oxygen atoms in total. The molecule has 11 heavy (non-hydrogen) atoms. The third-order valence-corrected chi connectivity index (χ3v) is 2.47. The lowest BCUT2D eigenvalue weighted by Gasteiger charge is -1.99. The second-order valence-corrected chi connectivity index (χ2v) is 3.24. The molecule has 0 aliphatic heterocycles. The number of hydrogen-bond acceptors (Lipinski definition) is 2. The highest BCUT2D eigenvalue weighted by Crippen LogP contribution is 2.20. The minimum absolute atomic E-state index is 0.757. The molecule has 0 aromatic carbocycles. The van der Waals surface area contributed by atoms with Crippen LogP contribution in [-0.2, 0) is 18.6 Å². The van der Waals surface area contributed by atoms with Crippen LogP contribution in [-0.4, -0.2) is 4.98 Å². The molecule has 0 amide bonds. The van der Waals surface area contributed by atoms with Crippen molar-refractivity contribution in [1.29, 1.82) is 0 Å². The van der Waals surface area contributed by atoms with E-state index in [2.05, 4.69) is 29.7 Å². The van der Waals surface area contributed by atoms with Crippen LogP contribution in [0.1, 0.15) is 23.4 Å². The van der Waals surface area contributed by atoms with Gasteiger partial charge in [0.1, 0.15) is 0 Å². The van der Waals surface area contributed by atoms with Crippen molar-refractivity contribution in [2.24, 2.45) is 0 Å². The number of hydrogen-bond donors (Lipinski definition) is 1. The van der Waals surface area contributed by atoms with E-state index in [1.54, 1.807) is 0 Å². The number of fused-ring (bicyclic) bond motifs is 1. The maximum atomic E-state index is 4.50. The Balaban J connectivity index is 2.41. The summed E-state index contributed by atoms with van der Waals surface area (Å²) in [7, 11) is 0. The molecular formula is C9H11NS. The zero-order chi connectivity index (χ0) is 7.68. The summed E-state index contributed by atoms with van der Waals surface area (Å²) < 4.78 is 0. The summed E-state index contributed by atoms with van der Waals surface area (Å²) >= 11 is 4.19. The van der Waals surface area contributed by atoms with E-state index < -0.39 is 0 Å². The van der Waals surface area contributed by atoms with Crippen LogP contribution < -0.4 is 0 Å². The summed E-state index contributed by atoms with van der Waals surface area (Å²) in [6.07, 6.45) is 3.66. The molecule has 0 N–H and O–H groups in total. The third kappa shape index (κ3) is 1.27. The van der Waals surface area contributed by atoms with E-state index in [-0.39, 0.29) is 0 Å². The Labute approximate surface area is 72.3 Å². The fourth-order valence-electron chi connectivity index (χ4n) is 1.55. The molecule has 1 aromatic rings. The Morgan fingerprint density at radius 3 is 3.09 bits per heavy atom. The first-order valence-electron chi connectivity index (χ1n) is 3.98. The van der Waals surface area contributed by atoms with Crippen molar-refractivity contribution in [1.82, 2.24) is 4.98 Å². The second-order valence-electron chi connectivity index (χ2n) is 2.92. The molecule has 2 rings (SSSR count). The van der Waals surface area contributed by atoms with Crippen molar-refractivity contribution >= 4 is 12.6 Å². The molecule has 2 heteroatoms. The molecule has 1 aliphatic rings. The van der Waals surface area contributed by atoms with Crippen LogP contribution in [0.2, 0.25) is 0 Å². The number of pyridine rings is 1. The van der Waals surface area contributed by atoms with Gasteiger partial charge in [-0.1, -0.05) is 6.07 Å². The summed E-state index contributed by atoms with van der Waals surface area (Å²) in [5.74, 6) is 0.757. The first-order valence-corrected chi connectivity index (χ1v) is 4.62. The van der Waals surface area contributed by atoms with E-state index in [4.69, 9.17) is 0 Å². The first kappa shape index (κ1) is 7.17. The van der Waals surface area contributed by atoms with E-state index in [1.165, 1.54) is 24.1 Å². The van der Waals surface area contributed by atoms with Gasteiger partial charge in [0.2, 0.25) is 0 Å². The SMILES string of the molecule is SCc1ccc2c(n1)CCC2. The molecular weight excluding hydrogens is 154 g/mol. The summed E-state index contributed by atoms with van der Waals surface area (Å²) in [5.41, 5.74) is 3.85. The normalized spacial score (nSPS) is 15.0. The summed E-state index contributed by atoms with van der Waals surface area (Å²) in [5, 5.41) is 0. The lowest BCUT2D eigenvalue weighted by molar-refractivity contribution is 0.896. The lowest BCUT2D eigenvalue weighted by atomic mass is 10.2. The smallest absolute Gasteiger partial charge is 0.0503 e. The van der Waals surface area contributed by atoms with Crippen molar-refractivity contribution < 1.29 is 0 Å². The van der Waals surface area contributed by atoms with E-state index in [9.17, 15) is 0 Å². The van der Waals surface area contributed by atoms with Gasteiger partial charge in [0.15, 0.2) is 0 Å². The fourth-order valence-corrected chi connectivity index (χ4v) is 1.73. The Morgan fingerprint density at radius 1 is 1.36 bits per heavy atom. The molecule has 58 valence electrons. The lowest BCUT2D eigenvalue weighted by Crippen LogP contribution is -1.91. The molecule has 0 atom stereocenters. The molecule has 0 saturated heterocycles. The topological polar surface area (TPSA) is 12.9 Å². The fraction of sp³-hybridized carbons (Fsp3) is 0.444. The predicted octanol–water partition coefficient (Wildman–Crippen LogP) is 2.00. The Hall–Kier alpha value is -0.500. The Morgan fingerprint density at radius 2 is 2.27 bits per heavy atom. The van der Waals surface area contributed by atoms with Crippen molar-refractivity contribution in [3.63, 3.8) is 0 Å². The number of nitrogens with zero attached hydrogens (tertiary/aromatic N) is 1. The number of thiol groups is 1. The zero-order valence-electron chi connectivity index (χ0n) is 6.38. The third-order valence-electron chi connectivity index (χ3n) is 2.15. The minimum Gasteiger partial charge on any atom is -0.257 e. The Kier molecular flexibility index (Phi) is 1.86. The molecule has 1 aromatic heterocycles. The molecule has 0 bridgehead atoms. The predicted molar refractivity (Wildman–Crippen MR) is 49.0 cm³/mol. The second kappa shape index (κ2) is 2.86. The van der Waals surface area contributed by atoms with Crippen LogP contribution in [0, 0.1) is 0 Å². The van der Waals surface area contributed by atoms with Gasteiger partial charge >= 0.3 is 0 Å². The molecule has 1 heterocycles. The van der Waals surface area contributed by atoms with Gasteiger partial charge < -0.3 is 0 Å². The van der Waals surface area contributed by atoms with Crippen LogP contribution in [0.4, 0.5) is 0 Å². The molecule has 1 aliphatic carbocycles. The van der Waals surface area contributed by atoms with Gasteiger partial charge in [0.05, 0.1) is 5.69 Å². The van der Waals surface area contributed by atoms with Crippen molar-refractivity contribution in [2.45, 2.75) is 25.0 Å². The Bertz CT molecular complexity index is 270. The van der Waals surface area contributed by atoms with Gasteiger partial charge in [0, 0.05) is 11.4 Å². The summed E-state index contributed by atoms with van der Waals surface area (Å²) in [6, 6.07) is 4.28. The molecule has 0 saturated carbocycles. The van der Waals surface area contributed by atoms with E-state index in [1.807, 2.05) is 0 Å². The number of rotatable bonds is 1. The zero-order valence-corrected chi connectivity index (χ0v) is 7.27. The van der Waals surface area contributed by atoms with Gasteiger partial charge in [0.25, 0.3) is 0 Å². The monoisotopic (exact) mass is 165 g/mol. The van der Waals surface area contributed by atoms with Crippen molar-refractivity contribution in [2.75, 3.05) is 0 Å². The van der Waals surface area contributed by atoms with Crippen LogP contribution in [0.3, 0.4) is 0 Å². The van der Waals surface area contributed by atoms with Gasteiger partial charge in [-0.3, -0.25) is 4.98 Å². The maximum Gasteiger partial charge on any atom is 0.0503 e. The summed E-state index contributed by atoms with van der Waals surface area (Å²) in [4.78, 5) is 4.50. The molecule has 0 unspecified atom stereocenters. The van der Waals surface area contributed by atoms with Crippen LogP contribution >= 0.6 is 12.6 Å². The maximum absolute atomic E-state index is 4.50. The summed E-state index contributed by atoms with van der Waals surface area (Å²) in [6.45, 7) is 0. The molecule has 0 fully saturated rings. The highest BCUT2D eigenvalue weighted by Gasteiger charge is 2.11. The standard InChI is InChI=1S/C9H11NS/c11-6-8-5-4-7-2-1-3-9(7)10-8/h4-5,11H,1-3,6H2. The van der Waals surface area contributed by atoms with E-state index in [0.717, 1.165) is 17.9 Å². The van der Waals surface area contributed by atoms with Crippen LogP contribution in [0.25, 0.3) is 0 Å². The first-order chi connectivity index (χ1) is 5.40. The highest BCUT2D eigenvalue weighted by molar-refractivity contribution is 7.79. The molecule has 0 spiro atoms. The van der Waals surface area contributed by atoms with Gasteiger partial charge in [-0.15, -0.1) is 0 Å². The molecule has 0 radical (unpaired) electrons. The van der Waals surface area contributed by atoms with Crippen LogP contribution in [0.15, 0.2) is 12.1 Å². The van der Waals surface area contributed by atoms with E-state index in [0.29, 0.717) is 0 Å². The van der Waals surface area contributed by atoms with Crippen molar-refractivity contribution in [3.05, 3.63) is 29.1 Å². The van der Waals surface area contributed by atoms with Crippen molar-refractivity contribution in [3.8, 4) is 0 Å². The number of aromatic nitrogens is 1.